The van der Waals surface area contributed by atoms with Crippen LogP contribution in [0.3, 0.4) is 0 Å². The number of hydrogen-bond acceptors (Lipinski definition) is 7. The number of carbonyl (C=O) groups excluding carboxylic acids is 2. The minimum atomic E-state index is -4.61. The maximum absolute atomic E-state index is 14.3. The minimum absolute atomic E-state index is 0.0289. The van der Waals surface area contributed by atoms with E-state index in [4.69, 9.17) is 16.3 Å². The van der Waals surface area contributed by atoms with Crippen LogP contribution < -0.4 is 14.4 Å². The van der Waals surface area contributed by atoms with Gasteiger partial charge in [-0.15, -0.1) is 0 Å². The van der Waals surface area contributed by atoms with E-state index in [0.717, 1.165) is 21.5 Å². The maximum Gasteiger partial charge on any atom is 0.273 e. The van der Waals surface area contributed by atoms with E-state index in [1.807, 2.05) is 31.2 Å². The van der Waals surface area contributed by atoms with Crippen molar-refractivity contribution in [2.24, 2.45) is 0 Å². The van der Waals surface area contributed by atoms with E-state index in [1.54, 1.807) is 20.8 Å². The molecule has 236 valence electrons. The highest BCUT2D eigenvalue weighted by atomic mass is 35.5. The Balaban J connectivity index is 2.20. The van der Waals surface area contributed by atoms with Crippen molar-refractivity contribution in [1.29, 1.82) is 0 Å². The van der Waals surface area contributed by atoms with Crippen molar-refractivity contribution in [3.63, 3.8) is 0 Å². The van der Waals surface area contributed by atoms with E-state index in [1.165, 1.54) is 49.3 Å². The smallest absolute Gasteiger partial charge is 0.273 e. The van der Waals surface area contributed by atoms with Crippen LogP contribution in [0.25, 0.3) is 0 Å². The second-order valence-corrected chi connectivity index (χ2v) is 12.9. The average Bonchev–Trinajstić information content (AvgIpc) is 2.95. The van der Waals surface area contributed by atoms with Crippen LogP contribution in [0.1, 0.15) is 43.9 Å². The number of sulfonamides is 1. The van der Waals surface area contributed by atoms with E-state index in [9.17, 15) is 28.1 Å². The number of aryl methyl sites for hydroxylation is 2. The number of hydrogen-bond donors (Lipinski definition) is 1. The third-order valence-electron chi connectivity index (χ3n) is 6.91. The van der Waals surface area contributed by atoms with Gasteiger partial charge in [-0.3, -0.25) is 24.0 Å². The van der Waals surface area contributed by atoms with Gasteiger partial charge in [-0.05, 0) is 63.9 Å². The zero-order valence-corrected chi connectivity index (χ0v) is 27.1. The summed E-state index contributed by atoms with van der Waals surface area (Å²) in [6.45, 7) is 8.04. The van der Waals surface area contributed by atoms with Gasteiger partial charge in [-0.1, -0.05) is 54.4 Å². The highest BCUT2D eigenvalue weighted by Gasteiger charge is 2.35. The lowest BCUT2D eigenvalue weighted by atomic mass is 10.1. The number of benzene rings is 3. The van der Waals surface area contributed by atoms with Crippen LogP contribution in [0.4, 0.5) is 11.4 Å². The van der Waals surface area contributed by atoms with Gasteiger partial charge in [0.2, 0.25) is 11.8 Å². The fourth-order valence-corrected chi connectivity index (χ4v) is 6.36. The summed E-state index contributed by atoms with van der Waals surface area (Å²) in [5.41, 5.74) is 1.52. The normalized spacial score (nSPS) is 12.0. The average molecular weight is 645 g/mol. The minimum Gasteiger partial charge on any atom is -0.495 e. The van der Waals surface area contributed by atoms with Crippen LogP contribution in [0.5, 0.6) is 5.75 Å². The topological polar surface area (TPSA) is 139 Å². The Morgan fingerprint density at radius 3 is 2.36 bits per heavy atom. The number of amides is 2. The maximum atomic E-state index is 14.3. The van der Waals surface area contributed by atoms with Crippen molar-refractivity contribution in [3.05, 3.63) is 92.5 Å². The molecule has 0 aliphatic carbocycles. The van der Waals surface area contributed by atoms with Gasteiger partial charge in [0.05, 0.1) is 22.6 Å². The number of rotatable bonds is 13. The molecule has 13 heteroatoms. The van der Waals surface area contributed by atoms with Gasteiger partial charge in [0.15, 0.2) is 0 Å². The predicted molar refractivity (Wildman–Crippen MR) is 169 cm³/mol. The van der Waals surface area contributed by atoms with Crippen molar-refractivity contribution < 1.29 is 27.7 Å². The summed E-state index contributed by atoms with van der Waals surface area (Å²) in [6, 6.07) is 14.1. The lowest BCUT2D eigenvalue weighted by Crippen LogP contribution is -2.53. The van der Waals surface area contributed by atoms with Gasteiger partial charge in [-0.25, -0.2) is 8.42 Å². The van der Waals surface area contributed by atoms with Crippen LogP contribution in [0.2, 0.25) is 5.02 Å². The van der Waals surface area contributed by atoms with Crippen LogP contribution in [-0.2, 0) is 26.2 Å². The number of anilines is 1. The van der Waals surface area contributed by atoms with Gasteiger partial charge in [0.25, 0.3) is 15.7 Å². The Bertz CT molecular complexity index is 1650. The molecule has 11 nitrogen and oxygen atoms in total. The zero-order chi connectivity index (χ0) is 32.8. The summed E-state index contributed by atoms with van der Waals surface area (Å²) >= 11 is 6.27. The Labute approximate surface area is 263 Å². The molecule has 0 radical (unpaired) electrons. The summed E-state index contributed by atoms with van der Waals surface area (Å²) in [7, 11) is -3.28. The van der Waals surface area contributed by atoms with Crippen LogP contribution in [0, 0.1) is 24.0 Å². The van der Waals surface area contributed by atoms with E-state index in [-0.39, 0.29) is 46.9 Å². The number of nitrogens with one attached hydrogen (secondary N) is 1. The molecule has 2 amide bonds. The molecule has 0 saturated heterocycles. The van der Waals surface area contributed by atoms with Crippen molar-refractivity contribution >= 4 is 44.8 Å². The fourth-order valence-electron chi connectivity index (χ4n) is 4.75. The quantitative estimate of drug-likeness (QED) is 0.194. The highest BCUT2D eigenvalue weighted by Crippen LogP contribution is 2.36. The Morgan fingerprint density at radius 1 is 1.07 bits per heavy atom. The zero-order valence-electron chi connectivity index (χ0n) is 25.5. The van der Waals surface area contributed by atoms with Gasteiger partial charge < -0.3 is 15.0 Å². The molecule has 3 rings (SSSR count). The molecule has 0 saturated carbocycles. The number of nitro groups is 1. The highest BCUT2D eigenvalue weighted by molar-refractivity contribution is 7.92. The first-order valence-electron chi connectivity index (χ1n) is 14.0. The predicted octanol–water partition coefficient (Wildman–Crippen LogP) is 5.40. The molecule has 0 aromatic heterocycles. The number of methoxy groups -OCH3 is 1. The molecule has 0 heterocycles. The standard InChI is InChI=1S/C31H37ClN4O7S/c1-7-26(31(38)33-20(2)3)34(18-23-10-8-9-21(4)15-23)30(37)19-35(28-16-24(32)12-14-29(28)43-6)44(41,42)25-13-11-22(5)27(17-25)36(39)40/h8-17,20,26H,7,18-19H2,1-6H3,(H,33,38)/t26-/m0/s1. The van der Waals surface area contributed by atoms with Crippen molar-refractivity contribution in [1.82, 2.24) is 10.2 Å². The lowest BCUT2D eigenvalue weighted by molar-refractivity contribution is -0.385. The van der Waals surface area contributed by atoms with Gasteiger partial charge in [-0.2, -0.15) is 0 Å². The van der Waals surface area contributed by atoms with Gasteiger partial charge in [0.1, 0.15) is 18.3 Å². The Kier molecular flexibility index (Phi) is 11.3. The number of ether oxygens (including phenoxy) is 1. The molecule has 0 spiro atoms. The third kappa shape index (κ3) is 8.06. The van der Waals surface area contributed by atoms with E-state index >= 15 is 0 Å². The fraction of sp³-hybridized carbons (Fsp3) is 0.355. The lowest BCUT2D eigenvalue weighted by Gasteiger charge is -2.34. The molecule has 0 bridgehead atoms. The Morgan fingerprint density at radius 2 is 1.77 bits per heavy atom. The molecule has 44 heavy (non-hydrogen) atoms. The molecule has 0 unspecified atom stereocenters. The molecule has 0 fully saturated rings. The summed E-state index contributed by atoms with van der Waals surface area (Å²) in [6.07, 6.45) is 0.257. The SMILES string of the molecule is CC[C@@H](C(=O)NC(C)C)N(Cc1cccc(C)c1)C(=O)CN(c1cc(Cl)ccc1OC)S(=O)(=O)c1ccc(C)c([N+](=O)[O-])c1. The van der Waals surface area contributed by atoms with E-state index < -0.39 is 44.0 Å². The Hall–Kier alpha value is -4.16. The number of halogens is 1. The molecular formula is C31H37ClN4O7S. The third-order valence-corrected chi connectivity index (χ3v) is 8.90. The first kappa shape index (κ1) is 34.3. The molecule has 3 aromatic rings. The first-order chi connectivity index (χ1) is 20.7. The summed E-state index contributed by atoms with van der Waals surface area (Å²) in [4.78, 5) is 39.5. The number of nitrogens with zero attached hydrogens (tertiary/aromatic N) is 3. The van der Waals surface area contributed by atoms with Gasteiger partial charge >= 0.3 is 0 Å². The second kappa shape index (κ2) is 14.5. The van der Waals surface area contributed by atoms with E-state index in [2.05, 4.69) is 5.32 Å². The summed E-state index contributed by atoms with van der Waals surface area (Å²) in [5, 5.41) is 14.7. The molecular weight excluding hydrogens is 608 g/mol. The number of carbonyl (C=O) groups is 2. The van der Waals surface area contributed by atoms with Crippen LogP contribution in [-0.4, -0.2) is 55.8 Å². The largest absolute Gasteiger partial charge is 0.495 e. The molecule has 1 N–H and O–H groups in total. The molecule has 0 aliphatic rings. The van der Waals surface area contributed by atoms with Crippen molar-refractivity contribution in [3.8, 4) is 5.75 Å². The van der Waals surface area contributed by atoms with Gasteiger partial charge in [0, 0.05) is 29.2 Å². The summed E-state index contributed by atoms with van der Waals surface area (Å²) in [5.74, 6) is -0.959. The van der Waals surface area contributed by atoms with Crippen molar-refractivity contribution in [2.45, 2.75) is 64.6 Å². The summed E-state index contributed by atoms with van der Waals surface area (Å²) < 4.78 is 34.7. The van der Waals surface area contributed by atoms with Crippen molar-refractivity contribution in [2.75, 3.05) is 18.0 Å². The second-order valence-electron chi connectivity index (χ2n) is 10.6. The van der Waals surface area contributed by atoms with Crippen LogP contribution in [0.15, 0.2) is 65.6 Å². The van der Waals surface area contributed by atoms with E-state index in [0.29, 0.717) is 0 Å². The first-order valence-corrected chi connectivity index (χ1v) is 15.8. The molecule has 3 aromatic carbocycles. The number of nitro benzene ring substituents is 1. The molecule has 1 atom stereocenters. The molecule has 0 aliphatic heterocycles. The van der Waals surface area contributed by atoms with Crippen LogP contribution >= 0.6 is 11.6 Å². The monoisotopic (exact) mass is 644 g/mol.